The molecule has 0 aromatic heterocycles. The van der Waals surface area contributed by atoms with Gasteiger partial charge in [-0.3, -0.25) is 0 Å². The molecule has 3 nitrogen and oxygen atoms in total. The lowest BCUT2D eigenvalue weighted by atomic mass is 9.62. The molecule has 0 aliphatic carbocycles. The highest BCUT2D eigenvalue weighted by atomic mass is 16.3. The van der Waals surface area contributed by atoms with Gasteiger partial charge in [0.05, 0.1) is 19.8 Å². The van der Waals surface area contributed by atoms with Crippen LogP contribution in [0.25, 0.3) is 0 Å². The van der Waals surface area contributed by atoms with Crippen molar-refractivity contribution >= 4 is 0 Å². The Morgan fingerprint density at radius 3 is 1.47 bits per heavy atom. The molecule has 88 valence electrons. The molecule has 0 amide bonds. The number of aliphatic hydroxyl groups is 3. The van der Waals surface area contributed by atoms with Crippen LogP contribution in [0, 0.1) is 10.8 Å². The van der Waals surface area contributed by atoms with Crippen molar-refractivity contribution in [1.29, 1.82) is 0 Å². The summed E-state index contributed by atoms with van der Waals surface area (Å²) in [7, 11) is 0. The molecule has 0 fully saturated rings. The Hall–Kier alpha value is -0.640. The summed E-state index contributed by atoms with van der Waals surface area (Å²) in [5.41, 5.74) is -1.32. The van der Waals surface area contributed by atoms with E-state index < -0.39 is 10.8 Å². The first-order chi connectivity index (χ1) is 7.05. The minimum absolute atomic E-state index is 0.252. The second-order valence-electron chi connectivity index (χ2n) is 4.30. The summed E-state index contributed by atoms with van der Waals surface area (Å²) >= 11 is 0. The fourth-order valence-electron chi connectivity index (χ4n) is 1.88. The summed E-state index contributed by atoms with van der Waals surface area (Å²) in [5.74, 6) is 0. The molecular weight excluding hydrogens is 192 g/mol. The highest BCUT2D eigenvalue weighted by molar-refractivity contribution is 5.01. The van der Waals surface area contributed by atoms with Gasteiger partial charge in [0.25, 0.3) is 0 Å². The van der Waals surface area contributed by atoms with Crippen LogP contribution in [-0.4, -0.2) is 35.1 Å². The van der Waals surface area contributed by atoms with Crippen molar-refractivity contribution in [2.24, 2.45) is 10.8 Å². The molecule has 0 saturated carbocycles. The van der Waals surface area contributed by atoms with Gasteiger partial charge in [0, 0.05) is 5.41 Å². The maximum Gasteiger partial charge on any atom is 0.0537 e. The monoisotopic (exact) mass is 214 g/mol. The fourth-order valence-corrected chi connectivity index (χ4v) is 1.88. The average molecular weight is 214 g/mol. The molecule has 0 atom stereocenters. The molecule has 0 spiro atoms. The van der Waals surface area contributed by atoms with E-state index in [-0.39, 0.29) is 19.8 Å². The van der Waals surface area contributed by atoms with Gasteiger partial charge in [0.2, 0.25) is 0 Å². The van der Waals surface area contributed by atoms with Crippen molar-refractivity contribution in [3.8, 4) is 0 Å². The van der Waals surface area contributed by atoms with Crippen molar-refractivity contribution in [2.45, 2.75) is 19.8 Å². The molecule has 0 unspecified atom stereocenters. The Bertz CT molecular complexity index is 189. The molecular formula is C12H22O3. The Morgan fingerprint density at radius 2 is 1.27 bits per heavy atom. The lowest BCUT2D eigenvalue weighted by Gasteiger charge is -2.45. The van der Waals surface area contributed by atoms with E-state index in [0.717, 1.165) is 0 Å². The fraction of sp³-hybridized carbons (Fsp3) is 0.667. The summed E-state index contributed by atoms with van der Waals surface area (Å²) in [6, 6.07) is 0. The molecule has 0 aromatic rings. The van der Waals surface area contributed by atoms with Crippen molar-refractivity contribution in [1.82, 2.24) is 0 Å². The molecule has 0 aromatic carbocycles. The van der Waals surface area contributed by atoms with Crippen LogP contribution in [0.1, 0.15) is 19.8 Å². The van der Waals surface area contributed by atoms with E-state index in [1.165, 1.54) is 0 Å². The van der Waals surface area contributed by atoms with Crippen LogP contribution >= 0.6 is 0 Å². The van der Waals surface area contributed by atoms with E-state index in [2.05, 4.69) is 13.2 Å². The Morgan fingerprint density at radius 1 is 0.933 bits per heavy atom. The smallest absolute Gasteiger partial charge is 0.0537 e. The highest BCUT2D eigenvalue weighted by Crippen LogP contribution is 2.44. The minimum Gasteiger partial charge on any atom is -0.396 e. The maximum atomic E-state index is 9.38. The first kappa shape index (κ1) is 14.4. The van der Waals surface area contributed by atoms with Crippen molar-refractivity contribution in [3.05, 3.63) is 25.3 Å². The zero-order valence-corrected chi connectivity index (χ0v) is 9.45. The van der Waals surface area contributed by atoms with Crippen molar-refractivity contribution < 1.29 is 15.3 Å². The van der Waals surface area contributed by atoms with Crippen LogP contribution in [0.5, 0.6) is 0 Å². The van der Waals surface area contributed by atoms with Crippen LogP contribution in [0.3, 0.4) is 0 Å². The molecule has 0 heterocycles. The minimum atomic E-state index is -0.893. The molecule has 3 heteroatoms. The van der Waals surface area contributed by atoms with Crippen LogP contribution in [0.4, 0.5) is 0 Å². The molecule has 0 radical (unpaired) electrons. The largest absolute Gasteiger partial charge is 0.396 e. The molecule has 0 saturated heterocycles. The number of aliphatic hydroxyl groups excluding tert-OH is 3. The van der Waals surface area contributed by atoms with Gasteiger partial charge in [0.15, 0.2) is 0 Å². The highest BCUT2D eigenvalue weighted by Gasteiger charge is 2.45. The van der Waals surface area contributed by atoms with Gasteiger partial charge >= 0.3 is 0 Å². The van der Waals surface area contributed by atoms with E-state index in [4.69, 9.17) is 0 Å². The van der Waals surface area contributed by atoms with Crippen molar-refractivity contribution in [3.63, 3.8) is 0 Å². The summed E-state index contributed by atoms with van der Waals surface area (Å²) in [6.45, 7) is 8.49. The Balaban J connectivity index is 5.13. The third kappa shape index (κ3) is 2.68. The van der Waals surface area contributed by atoms with Crippen molar-refractivity contribution in [2.75, 3.05) is 19.8 Å². The zero-order valence-electron chi connectivity index (χ0n) is 9.45. The summed E-state index contributed by atoms with van der Waals surface area (Å²) < 4.78 is 0. The van der Waals surface area contributed by atoms with E-state index >= 15 is 0 Å². The number of hydrogen-bond acceptors (Lipinski definition) is 3. The van der Waals surface area contributed by atoms with Crippen LogP contribution in [0.15, 0.2) is 25.3 Å². The van der Waals surface area contributed by atoms with E-state index in [1.807, 2.05) is 6.92 Å². The van der Waals surface area contributed by atoms with Gasteiger partial charge in [0.1, 0.15) is 0 Å². The third-order valence-corrected chi connectivity index (χ3v) is 3.38. The summed E-state index contributed by atoms with van der Waals surface area (Å²) in [4.78, 5) is 0. The van der Waals surface area contributed by atoms with E-state index in [1.54, 1.807) is 12.2 Å². The van der Waals surface area contributed by atoms with E-state index in [9.17, 15) is 15.3 Å². The van der Waals surface area contributed by atoms with Gasteiger partial charge in [-0.15, -0.1) is 13.2 Å². The first-order valence-corrected chi connectivity index (χ1v) is 5.10. The lowest BCUT2D eigenvalue weighted by molar-refractivity contribution is -0.0838. The number of hydrogen-bond donors (Lipinski definition) is 3. The van der Waals surface area contributed by atoms with Gasteiger partial charge in [-0.1, -0.05) is 19.1 Å². The molecule has 0 aliphatic heterocycles. The predicted octanol–water partition coefficient (Wildman–Crippen LogP) is 1.11. The SMILES string of the molecule is C=CCC(C)(CC=C)C(CO)(CO)CO. The Kier molecular flexibility index (Phi) is 5.80. The first-order valence-electron chi connectivity index (χ1n) is 5.10. The van der Waals surface area contributed by atoms with E-state index in [0.29, 0.717) is 12.8 Å². The summed E-state index contributed by atoms with van der Waals surface area (Å²) in [6.07, 6.45) is 4.69. The predicted molar refractivity (Wildman–Crippen MR) is 61.4 cm³/mol. The van der Waals surface area contributed by atoms with Crippen LogP contribution in [0.2, 0.25) is 0 Å². The second-order valence-corrected chi connectivity index (χ2v) is 4.30. The number of allylic oxidation sites excluding steroid dienone is 2. The molecule has 0 aliphatic rings. The van der Waals surface area contributed by atoms with Gasteiger partial charge < -0.3 is 15.3 Å². The Labute approximate surface area is 91.8 Å². The second kappa shape index (κ2) is 6.05. The van der Waals surface area contributed by atoms with Gasteiger partial charge in [-0.2, -0.15) is 0 Å². The van der Waals surface area contributed by atoms with Gasteiger partial charge in [-0.05, 0) is 18.3 Å². The summed E-state index contributed by atoms with van der Waals surface area (Å²) in [5, 5.41) is 28.1. The average Bonchev–Trinajstić information content (AvgIpc) is 2.21. The van der Waals surface area contributed by atoms with Crippen LogP contribution < -0.4 is 0 Å². The normalized spacial score (nSPS) is 12.5. The van der Waals surface area contributed by atoms with Crippen LogP contribution in [-0.2, 0) is 0 Å². The molecule has 0 bridgehead atoms. The lowest BCUT2D eigenvalue weighted by Crippen LogP contribution is -2.48. The molecule has 3 N–H and O–H groups in total. The quantitative estimate of drug-likeness (QED) is 0.530. The third-order valence-electron chi connectivity index (χ3n) is 3.38. The topological polar surface area (TPSA) is 60.7 Å². The standard InChI is InChI=1S/C12H22O3/c1-4-6-11(3,7-5-2)12(8-13,9-14)10-15/h4-5,13-15H,1-2,6-10H2,3H3. The zero-order chi connectivity index (χ0) is 11.9. The maximum absolute atomic E-state index is 9.38. The molecule has 0 rings (SSSR count). The molecule has 15 heavy (non-hydrogen) atoms. The number of rotatable bonds is 8. The van der Waals surface area contributed by atoms with Gasteiger partial charge in [-0.25, -0.2) is 0 Å².